The van der Waals surface area contributed by atoms with Gasteiger partial charge in [0.15, 0.2) is 0 Å². The van der Waals surface area contributed by atoms with Crippen LogP contribution in [0.1, 0.15) is 41.3 Å². The molecule has 0 spiro atoms. The first-order valence-corrected chi connectivity index (χ1v) is 4.71. The van der Waals surface area contributed by atoms with Gasteiger partial charge in [-0.05, 0) is 34.6 Å². The molecule has 0 amide bonds. The van der Waals surface area contributed by atoms with Crippen molar-refractivity contribution in [3.05, 3.63) is 22.6 Å². The van der Waals surface area contributed by atoms with Crippen molar-refractivity contribution in [2.24, 2.45) is 0 Å². The Balaban J connectivity index is 3.00. The van der Waals surface area contributed by atoms with Crippen LogP contribution in [-0.4, -0.2) is 12.1 Å². The molecule has 0 aliphatic heterocycles. The van der Waals surface area contributed by atoms with Crippen LogP contribution in [0.3, 0.4) is 0 Å². The lowest BCUT2D eigenvalue weighted by Gasteiger charge is -2.07. The van der Waals surface area contributed by atoms with Gasteiger partial charge in [-0.1, -0.05) is 0 Å². The molecule has 14 heavy (non-hydrogen) atoms. The van der Waals surface area contributed by atoms with E-state index in [-0.39, 0.29) is 12.1 Å². The van der Waals surface area contributed by atoms with E-state index in [1.165, 1.54) is 0 Å². The Morgan fingerprint density at radius 2 is 1.79 bits per heavy atom. The van der Waals surface area contributed by atoms with Crippen molar-refractivity contribution < 1.29 is 13.9 Å². The van der Waals surface area contributed by atoms with Crippen molar-refractivity contribution in [1.29, 1.82) is 0 Å². The molecule has 0 aliphatic rings. The van der Waals surface area contributed by atoms with Crippen molar-refractivity contribution in [2.45, 2.75) is 40.7 Å². The predicted molar refractivity (Wildman–Crippen MR) is 53.5 cm³/mol. The molecule has 0 fully saturated rings. The van der Waals surface area contributed by atoms with Crippen LogP contribution in [0.15, 0.2) is 4.42 Å². The van der Waals surface area contributed by atoms with Crippen molar-refractivity contribution in [3.63, 3.8) is 0 Å². The number of esters is 1. The Morgan fingerprint density at radius 1 is 1.21 bits per heavy atom. The van der Waals surface area contributed by atoms with E-state index in [0.717, 1.165) is 11.3 Å². The second kappa shape index (κ2) is 3.86. The zero-order valence-electron chi connectivity index (χ0n) is 9.30. The molecule has 1 rings (SSSR count). The minimum atomic E-state index is -0.299. The average molecular weight is 196 g/mol. The normalized spacial score (nSPS) is 10.7. The van der Waals surface area contributed by atoms with E-state index >= 15 is 0 Å². The molecule has 3 nitrogen and oxygen atoms in total. The van der Waals surface area contributed by atoms with Crippen LogP contribution >= 0.6 is 0 Å². The number of carbonyl (C=O) groups excluding carboxylic acids is 1. The molecule has 1 aromatic heterocycles. The van der Waals surface area contributed by atoms with Crippen molar-refractivity contribution in [1.82, 2.24) is 0 Å². The van der Waals surface area contributed by atoms with Crippen LogP contribution in [0.5, 0.6) is 0 Å². The minimum Gasteiger partial charge on any atom is -0.465 e. The molecule has 3 heteroatoms. The van der Waals surface area contributed by atoms with Crippen molar-refractivity contribution in [2.75, 3.05) is 0 Å². The van der Waals surface area contributed by atoms with Gasteiger partial charge in [0.05, 0.1) is 6.10 Å². The van der Waals surface area contributed by atoms with Crippen LogP contribution < -0.4 is 0 Å². The summed E-state index contributed by atoms with van der Waals surface area (Å²) >= 11 is 0. The van der Waals surface area contributed by atoms with Gasteiger partial charge in [0.25, 0.3) is 0 Å². The Bertz CT molecular complexity index is 348. The molecule has 0 radical (unpaired) electrons. The quantitative estimate of drug-likeness (QED) is 0.683. The predicted octanol–water partition coefficient (Wildman–Crippen LogP) is 2.77. The molecule has 0 saturated carbocycles. The van der Waals surface area contributed by atoms with Crippen LogP contribution in [-0.2, 0) is 4.74 Å². The minimum absolute atomic E-state index is 0.100. The largest absolute Gasteiger partial charge is 0.465 e. The average Bonchev–Trinajstić information content (AvgIpc) is 2.25. The molecule has 0 N–H and O–H groups in total. The Kier molecular flexibility index (Phi) is 2.99. The maximum atomic E-state index is 11.6. The lowest BCUT2D eigenvalue weighted by Crippen LogP contribution is -2.12. The van der Waals surface area contributed by atoms with E-state index in [1.807, 2.05) is 27.7 Å². The van der Waals surface area contributed by atoms with E-state index in [4.69, 9.17) is 9.15 Å². The molecule has 78 valence electrons. The molecular formula is C11H16O3. The van der Waals surface area contributed by atoms with Crippen molar-refractivity contribution >= 4 is 5.97 Å². The summed E-state index contributed by atoms with van der Waals surface area (Å²) in [5.41, 5.74) is 1.43. The fourth-order valence-corrected chi connectivity index (χ4v) is 1.37. The SMILES string of the molecule is Cc1oc(C)c(C(=O)OC(C)C)c1C. The summed E-state index contributed by atoms with van der Waals surface area (Å²) in [4.78, 5) is 11.6. The number of furan rings is 1. The smallest absolute Gasteiger partial charge is 0.342 e. The number of hydrogen-bond acceptors (Lipinski definition) is 3. The zero-order valence-corrected chi connectivity index (χ0v) is 9.30. The van der Waals surface area contributed by atoms with Crippen LogP contribution in [0.25, 0.3) is 0 Å². The van der Waals surface area contributed by atoms with Crippen LogP contribution in [0.2, 0.25) is 0 Å². The molecule has 0 atom stereocenters. The van der Waals surface area contributed by atoms with Crippen LogP contribution in [0, 0.1) is 20.8 Å². The molecule has 0 unspecified atom stereocenters. The Morgan fingerprint density at radius 3 is 2.14 bits per heavy atom. The first-order valence-electron chi connectivity index (χ1n) is 4.71. The van der Waals surface area contributed by atoms with Gasteiger partial charge in [0.2, 0.25) is 0 Å². The molecular weight excluding hydrogens is 180 g/mol. The van der Waals surface area contributed by atoms with Gasteiger partial charge in [0, 0.05) is 5.56 Å². The van der Waals surface area contributed by atoms with E-state index < -0.39 is 0 Å². The lowest BCUT2D eigenvalue weighted by molar-refractivity contribution is 0.0375. The molecule has 0 aromatic carbocycles. The Labute approximate surface area is 84.1 Å². The highest BCUT2D eigenvalue weighted by Crippen LogP contribution is 2.21. The van der Waals surface area contributed by atoms with E-state index in [1.54, 1.807) is 6.92 Å². The molecule has 1 heterocycles. The summed E-state index contributed by atoms with van der Waals surface area (Å²) in [6.07, 6.45) is -0.100. The molecule has 0 aliphatic carbocycles. The summed E-state index contributed by atoms with van der Waals surface area (Å²) in [6.45, 7) is 9.14. The summed E-state index contributed by atoms with van der Waals surface area (Å²) in [5.74, 6) is 1.11. The summed E-state index contributed by atoms with van der Waals surface area (Å²) < 4.78 is 10.5. The van der Waals surface area contributed by atoms with E-state index in [2.05, 4.69) is 0 Å². The second-order valence-corrected chi connectivity index (χ2v) is 3.67. The van der Waals surface area contributed by atoms with E-state index in [0.29, 0.717) is 11.3 Å². The van der Waals surface area contributed by atoms with Gasteiger partial charge < -0.3 is 9.15 Å². The highest BCUT2D eigenvalue weighted by molar-refractivity contribution is 5.92. The number of hydrogen-bond donors (Lipinski definition) is 0. The fourth-order valence-electron chi connectivity index (χ4n) is 1.37. The second-order valence-electron chi connectivity index (χ2n) is 3.67. The summed E-state index contributed by atoms with van der Waals surface area (Å²) in [6, 6.07) is 0. The first kappa shape index (κ1) is 10.8. The standard InChI is InChI=1S/C11H16O3/c1-6(2)13-11(12)10-7(3)8(4)14-9(10)5/h6H,1-5H3. The number of rotatable bonds is 2. The summed E-state index contributed by atoms with van der Waals surface area (Å²) in [7, 11) is 0. The number of ether oxygens (including phenoxy) is 1. The van der Waals surface area contributed by atoms with Gasteiger partial charge >= 0.3 is 5.97 Å². The topological polar surface area (TPSA) is 39.4 Å². The highest BCUT2D eigenvalue weighted by atomic mass is 16.5. The number of carbonyl (C=O) groups is 1. The summed E-state index contributed by atoms with van der Waals surface area (Å²) in [5, 5.41) is 0. The monoisotopic (exact) mass is 196 g/mol. The van der Waals surface area contributed by atoms with Gasteiger partial charge in [-0.25, -0.2) is 4.79 Å². The van der Waals surface area contributed by atoms with E-state index in [9.17, 15) is 4.79 Å². The third-order valence-electron chi connectivity index (χ3n) is 2.11. The van der Waals surface area contributed by atoms with Gasteiger partial charge in [-0.3, -0.25) is 0 Å². The lowest BCUT2D eigenvalue weighted by atomic mass is 10.1. The fraction of sp³-hybridized carbons (Fsp3) is 0.545. The maximum absolute atomic E-state index is 11.6. The third kappa shape index (κ3) is 1.97. The van der Waals surface area contributed by atoms with Gasteiger partial charge in [-0.15, -0.1) is 0 Å². The van der Waals surface area contributed by atoms with Gasteiger partial charge in [-0.2, -0.15) is 0 Å². The first-order chi connectivity index (χ1) is 6.43. The molecule has 0 saturated heterocycles. The maximum Gasteiger partial charge on any atom is 0.342 e. The molecule has 1 aromatic rings. The highest BCUT2D eigenvalue weighted by Gasteiger charge is 2.20. The van der Waals surface area contributed by atoms with Gasteiger partial charge in [0.1, 0.15) is 17.1 Å². The molecule has 0 bridgehead atoms. The zero-order chi connectivity index (χ0) is 10.9. The van der Waals surface area contributed by atoms with Crippen LogP contribution in [0.4, 0.5) is 0 Å². The Hall–Kier alpha value is -1.25. The van der Waals surface area contributed by atoms with Crippen molar-refractivity contribution in [3.8, 4) is 0 Å². The third-order valence-corrected chi connectivity index (χ3v) is 2.11. The number of aryl methyl sites for hydroxylation is 2.